The van der Waals surface area contributed by atoms with Gasteiger partial charge in [0, 0.05) is 24.9 Å². The quantitative estimate of drug-likeness (QED) is 0.860. The van der Waals surface area contributed by atoms with Crippen molar-refractivity contribution in [3.63, 3.8) is 0 Å². The number of hydrogen-bond acceptors (Lipinski definition) is 5. The van der Waals surface area contributed by atoms with Crippen LogP contribution in [0.3, 0.4) is 0 Å². The number of pyridine rings is 1. The lowest BCUT2D eigenvalue weighted by atomic mass is 10.1. The molecule has 1 aliphatic rings. The molecule has 0 radical (unpaired) electrons. The summed E-state index contributed by atoms with van der Waals surface area (Å²) < 4.78 is 5.27. The van der Waals surface area contributed by atoms with Crippen molar-refractivity contribution in [3.8, 4) is 0 Å². The molecular weight excluding hydrogens is 244 g/mol. The predicted molar refractivity (Wildman–Crippen MR) is 68.0 cm³/mol. The van der Waals surface area contributed by atoms with Crippen molar-refractivity contribution in [3.05, 3.63) is 41.5 Å². The monoisotopic (exact) mass is 258 g/mol. The van der Waals surface area contributed by atoms with Gasteiger partial charge in [-0.05, 0) is 12.1 Å². The summed E-state index contributed by atoms with van der Waals surface area (Å²) in [6.07, 6.45) is 2.66. The van der Waals surface area contributed by atoms with Gasteiger partial charge in [-0.2, -0.15) is 4.98 Å². The average Bonchev–Trinajstić information content (AvgIpc) is 2.78. The first-order valence-electron chi connectivity index (χ1n) is 6.14. The number of anilines is 1. The van der Waals surface area contributed by atoms with Crippen molar-refractivity contribution in [2.24, 2.45) is 0 Å². The molecule has 6 nitrogen and oxygen atoms in total. The molecule has 3 rings (SSSR count). The number of hydrogen-bond donors (Lipinski definition) is 1. The SMILES string of the molecule is Nc1nc2c(o1)CCN(C(=O)Cc1ccccn1)C2. The maximum Gasteiger partial charge on any atom is 0.292 e. The summed E-state index contributed by atoms with van der Waals surface area (Å²) >= 11 is 0. The van der Waals surface area contributed by atoms with Gasteiger partial charge in [-0.15, -0.1) is 0 Å². The van der Waals surface area contributed by atoms with E-state index in [0.717, 1.165) is 17.1 Å². The molecule has 2 aromatic heterocycles. The van der Waals surface area contributed by atoms with Crippen molar-refractivity contribution in [1.82, 2.24) is 14.9 Å². The Kier molecular flexibility index (Phi) is 2.91. The van der Waals surface area contributed by atoms with E-state index in [9.17, 15) is 4.79 Å². The van der Waals surface area contributed by atoms with Crippen LogP contribution in [-0.4, -0.2) is 27.3 Å². The van der Waals surface area contributed by atoms with Gasteiger partial charge in [0.15, 0.2) is 0 Å². The Hall–Kier alpha value is -2.37. The zero-order chi connectivity index (χ0) is 13.2. The van der Waals surface area contributed by atoms with Crippen LogP contribution < -0.4 is 5.73 Å². The highest BCUT2D eigenvalue weighted by Gasteiger charge is 2.25. The standard InChI is InChI=1S/C13H14N4O2/c14-13-16-10-8-17(6-4-11(10)19-13)12(18)7-9-3-1-2-5-15-9/h1-3,5H,4,6-8H2,(H2,14,16). The van der Waals surface area contributed by atoms with Crippen LogP contribution in [0.25, 0.3) is 0 Å². The molecular formula is C13H14N4O2. The average molecular weight is 258 g/mol. The maximum atomic E-state index is 12.2. The van der Waals surface area contributed by atoms with Crippen molar-refractivity contribution >= 4 is 11.9 Å². The minimum absolute atomic E-state index is 0.0471. The highest BCUT2D eigenvalue weighted by Crippen LogP contribution is 2.21. The number of amides is 1. The number of aromatic nitrogens is 2. The molecule has 98 valence electrons. The fourth-order valence-corrected chi connectivity index (χ4v) is 2.20. The molecule has 6 heteroatoms. The van der Waals surface area contributed by atoms with Crippen LogP contribution in [0, 0.1) is 0 Å². The first-order chi connectivity index (χ1) is 9.22. The summed E-state index contributed by atoms with van der Waals surface area (Å²) in [5.41, 5.74) is 7.05. The van der Waals surface area contributed by atoms with E-state index >= 15 is 0 Å². The second-order valence-electron chi connectivity index (χ2n) is 4.49. The summed E-state index contributed by atoms with van der Waals surface area (Å²) in [4.78, 5) is 22.2. The molecule has 0 atom stereocenters. The highest BCUT2D eigenvalue weighted by atomic mass is 16.4. The number of nitrogen functional groups attached to an aromatic ring is 1. The fourth-order valence-electron chi connectivity index (χ4n) is 2.20. The van der Waals surface area contributed by atoms with Crippen molar-refractivity contribution in [1.29, 1.82) is 0 Å². The summed E-state index contributed by atoms with van der Waals surface area (Å²) in [6, 6.07) is 5.73. The van der Waals surface area contributed by atoms with Crippen LogP contribution in [0.5, 0.6) is 0 Å². The number of fused-ring (bicyclic) bond motifs is 1. The molecule has 0 aromatic carbocycles. The summed E-state index contributed by atoms with van der Waals surface area (Å²) in [5, 5.41) is 0. The summed E-state index contributed by atoms with van der Waals surface area (Å²) in [6.45, 7) is 1.09. The van der Waals surface area contributed by atoms with Gasteiger partial charge in [0.05, 0.1) is 13.0 Å². The molecule has 0 fully saturated rings. The Morgan fingerprint density at radius 3 is 3.16 bits per heavy atom. The molecule has 1 amide bonds. The first-order valence-corrected chi connectivity index (χ1v) is 6.14. The van der Waals surface area contributed by atoms with Crippen LogP contribution in [0.2, 0.25) is 0 Å². The van der Waals surface area contributed by atoms with Crippen LogP contribution in [0.15, 0.2) is 28.8 Å². The van der Waals surface area contributed by atoms with Gasteiger partial charge in [0.25, 0.3) is 6.01 Å². The molecule has 0 saturated carbocycles. The number of oxazole rings is 1. The molecule has 0 bridgehead atoms. The Morgan fingerprint density at radius 1 is 1.47 bits per heavy atom. The molecule has 0 saturated heterocycles. The van der Waals surface area contributed by atoms with Crippen molar-refractivity contribution in [2.75, 3.05) is 12.3 Å². The highest BCUT2D eigenvalue weighted by molar-refractivity contribution is 5.78. The van der Waals surface area contributed by atoms with Gasteiger partial charge in [-0.25, -0.2) is 0 Å². The number of carbonyl (C=O) groups excluding carboxylic acids is 1. The smallest absolute Gasteiger partial charge is 0.292 e. The Morgan fingerprint density at radius 2 is 2.37 bits per heavy atom. The third kappa shape index (κ3) is 2.42. The number of nitrogens with zero attached hydrogens (tertiary/aromatic N) is 3. The van der Waals surface area contributed by atoms with Crippen molar-refractivity contribution < 1.29 is 9.21 Å². The molecule has 0 aliphatic carbocycles. The zero-order valence-electron chi connectivity index (χ0n) is 10.4. The predicted octanol–water partition coefficient (Wildman–Crippen LogP) is 0.779. The molecule has 0 unspecified atom stereocenters. The lowest BCUT2D eigenvalue weighted by Gasteiger charge is -2.25. The van der Waals surface area contributed by atoms with Crippen molar-refractivity contribution in [2.45, 2.75) is 19.4 Å². The largest absolute Gasteiger partial charge is 0.428 e. The minimum atomic E-state index is 0.0471. The normalized spacial score (nSPS) is 14.2. The van der Waals surface area contributed by atoms with Gasteiger partial charge < -0.3 is 15.1 Å². The molecule has 2 N–H and O–H groups in total. The Balaban J connectivity index is 1.69. The Labute approximate surface area is 110 Å². The van der Waals surface area contributed by atoms with Crippen LogP contribution in [0.1, 0.15) is 17.1 Å². The second kappa shape index (κ2) is 4.72. The van der Waals surface area contributed by atoms with E-state index in [0.29, 0.717) is 25.9 Å². The van der Waals surface area contributed by atoms with E-state index in [4.69, 9.17) is 10.2 Å². The van der Waals surface area contributed by atoms with Crippen LogP contribution >= 0.6 is 0 Å². The number of rotatable bonds is 2. The lowest BCUT2D eigenvalue weighted by molar-refractivity contribution is -0.131. The van der Waals surface area contributed by atoms with E-state index < -0.39 is 0 Å². The molecule has 3 heterocycles. The summed E-state index contributed by atoms with van der Waals surface area (Å²) in [5.74, 6) is 0.838. The van der Waals surface area contributed by atoms with Crippen LogP contribution in [0.4, 0.5) is 6.01 Å². The topological polar surface area (TPSA) is 85.2 Å². The van der Waals surface area contributed by atoms with E-state index in [1.807, 2.05) is 18.2 Å². The fraction of sp³-hybridized carbons (Fsp3) is 0.308. The Bertz CT molecular complexity index is 594. The van der Waals surface area contributed by atoms with E-state index in [2.05, 4.69) is 9.97 Å². The molecule has 19 heavy (non-hydrogen) atoms. The first kappa shape index (κ1) is 11.7. The number of nitrogens with two attached hydrogens (primary N) is 1. The van der Waals surface area contributed by atoms with Crippen LogP contribution in [-0.2, 0) is 24.2 Å². The third-order valence-electron chi connectivity index (χ3n) is 3.16. The van der Waals surface area contributed by atoms with Gasteiger partial charge >= 0.3 is 0 Å². The zero-order valence-corrected chi connectivity index (χ0v) is 10.4. The minimum Gasteiger partial charge on any atom is -0.428 e. The van der Waals surface area contributed by atoms with E-state index in [-0.39, 0.29) is 11.9 Å². The van der Waals surface area contributed by atoms with E-state index in [1.54, 1.807) is 11.1 Å². The van der Waals surface area contributed by atoms with E-state index in [1.165, 1.54) is 0 Å². The molecule has 2 aromatic rings. The van der Waals surface area contributed by atoms with Gasteiger partial charge in [0.1, 0.15) is 11.5 Å². The summed E-state index contributed by atoms with van der Waals surface area (Å²) in [7, 11) is 0. The number of carbonyl (C=O) groups is 1. The molecule has 0 spiro atoms. The molecule has 1 aliphatic heterocycles. The third-order valence-corrected chi connectivity index (χ3v) is 3.16. The maximum absolute atomic E-state index is 12.2. The van der Waals surface area contributed by atoms with Gasteiger partial charge in [-0.3, -0.25) is 9.78 Å². The second-order valence-corrected chi connectivity index (χ2v) is 4.49. The van der Waals surface area contributed by atoms with Gasteiger partial charge in [-0.1, -0.05) is 6.07 Å². The van der Waals surface area contributed by atoms with Gasteiger partial charge in [0.2, 0.25) is 5.91 Å². The lowest BCUT2D eigenvalue weighted by Crippen LogP contribution is -2.36.